The molecule has 0 heterocycles. The Balaban J connectivity index is 0.00000625. The van der Waals surface area contributed by atoms with Crippen LogP contribution in [0.4, 0.5) is 0 Å². The van der Waals surface area contributed by atoms with Crippen LogP contribution in [-0.2, 0) is 11.3 Å². The lowest BCUT2D eigenvalue weighted by Gasteiger charge is -2.13. The summed E-state index contributed by atoms with van der Waals surface area (Å²) < 4.78 is 10.9. The number of nitrogens with zero attached hydrogens (tertiary/aromatic N) is 1. The van der Waals surface area contributed by atoms with Gasteiger partial charge in [0.1, 0.15) is 12.4 Å². The Morgan fingerprint density at radius 3 is 2.81 bits per heavy atom. The number of hydrogen-bond acceptors (Lipinski definition) is 4. The summed E-state index contributed by atoms with van der Waals surface area (Å²) in [6.45, 7) is 11.2. The summed E-state index contributed by atoms with van der Waals surface area (Å²) in [6, 6.07) is 6.21. The van der Waals surface area contributed by atoms with Crippen molar-refractivity contribution in [2.45, 2.75) is 20.4 Å². The molecule has 1 aromatic carbocycles. The number of ether oxygens (including phenoxy) is 2. The van der Waals surface area contributed by atoms with Crippen LogP contribution in [0.15, 0.2) is 35.8 Å². The number of benzene rings is 1. The third-order valence-corrected chi connectivity index (χ3v) is 4.26. The smallest absolute Gasteiger partial charge is 0.191 e. The first-order valence-electron chi connectivity index (χ1n) is 8.63. The van der Waals surface area contributed by atoms with Crippen LogP contribution in [0.2, 0.25) is 0 Å². The maximum Gasteiger partial charge on any atom is 0.191 e. The van der Waals surface area contributed by atoms with Crippen LogP contribution in [0.25, 0.3) is 0 Å². The predicted octanol–water partition coefficient (Wildman–Crippen LogP) is 3.61. The monoisotopic (exact) mass is 493 g/mol. The first-order chi connectivity index (χ1) is 12.2. The minimum Gasteiger partial charge on any atom is -0.491 e. The van der Waals surface area contributed by atoms with E-state index in [0.29, 0.717) is 19.8 Å². The van der Waals surface area contributed by atoms with Gasteiger partial charge in [-0.1, -0.05) is 18.2 Å². The van der Waals surface area contributed by atoms with Crippen molar-refractivity contribution < 1.29 is 9.47 Å². The van der Waals surface area contributed by atoms with E-state index in [-0.39, 0.29) is 24.0 Å². The topological polar surface area (TPSA) is 54.9 Å². The molecule has 148 valence electrons. The van der Waals surface area contributed by atoms with Gasteiger partial charge in [-0.05, 0) is 25.5 Å². The van der Waals surface area contributed by atoms with Gasteiger partial charge in [-0.25, -0.2) is 4.99 Å². The van der Waals surface area contributed by atoms with Crippen LogP contribution in [0.5, 0.6) is 5.75 Å². The van der Waals surface area contributed by atoms with Crippen molar-refractivity contribution in [3.63, 3.8) is 0 Å². The molecule has 0 saturated heterocycles. The Morgan fingerprint density at radius 1 is 1.31 bits per heavy atom. The third kappa shape index (κ3) is 10.9. The number of hydrogen-bond donors (Lipinski definition) is 2. The number of guanidine groups is 1. The highest BCUT2D eigenvalue weighted by Gasteiger charge is 2.05. The maximum atomic E-state index is 5.83. The van der Waals surface area contributed by atoms with Crippen LogP contribution in [0.1, 0.15) is 18.1 Å². The van der Waals surface area contributed by atoms with E-state index in [1.807, 2.05) is 23.9 Å². The molecule has 0 unspecified atom stereocenters. The van der Waals surface area contributed by atoms with Crippen molar-refractivity contribution in [2.24, 2.45) is 4.99 Å². The van der Waals surface area contributed by atoms with E-state index in [9.17, 15) is 0 Å². The average molecular weight is 493 g/mol. The highest BCUT2D eigenvalue weighted by Crippen LogP contribution is 2.21. The van der Waals surface area contributed by atoms with Crippen molar-refractivity contribution in [3.05, 3.63) is 42.0 Å². The Hall–Kier alpha value is -0.930. The van der Waals surface area contributed by atoms with Crippen LogP contribution < -0.4 is 15.4 Å². The zero-order chi connectivity index (χ0) is 18.3. The Bertz CT molecular complexity index is 542. The van der Waals surface area contributed by atoms with E-state index in [2.05, 4.69) is 48.2 Å². The molecular weight excluding hydrogens is 461 g/mol. The fraction of sp³-hybridized carbons (Fsp3) is 0.526. The van der Waals surface area contributed by atoms with Crippen LogP contribution in [-0.4, -0.2) is 50.9 Å². The number of rotatable bonds is 12. The van der Waals surface area contributed by atoms with Crippen LogP contribution >= 0.6 is 35.7 Å². The molecular formula is C19H32IN3O2S. The molecule has 0 aliphatic carbocycles. The molecule has 7 heteroatoms. The molecule has 1 rings (SSSR count). The molecule has 0 saturated carbocycles. The maximum absolute atomic E-state index is 5.83. The summed E-state index contributed by atoms with van der Waals surface area (Å²) in [4.78, 5) is 4.67. The number of halogens is 1. The summed E-state index contributed by atoms with van der Waals surface area (Å²) in [5, 5.41) is 6.63. The SMILES string of the molecule is C=CCSCCNC(=NCc1ccc(C)cc1OCCOC)NCC.I. The van der Waals surface area contributed by atoms with Gasteiger partial charge < -0.3 is 20.1 Å². The largest absolute Gasteiger partial charge is 0.491 e. The van der Waals surface area contributed by atoms with E-state index in [1.165, 1.54) is 5.56 Å². The molecule has 0 amide bonds. The molecule has 0 spiro atoms. The second kappa shape index (κ2) is 16.3. The zero-order valence-electron chi connectivity index (χ0n) is 16.0. The van der Waals surface area contributed by atoms with Gasteiger partial charge in [0.15, 0.2) is 5.96 Å². The van der Waals surface area contributed by atoms with Crippen molar-refractivity contribution >= 4 is 41.7 Å². The normalized spacial score (nSPS) is 10.8. The quantitative estimate of drug-likeness (QED) is 0.153. The molecule has 26 heavy (non-hydrogen) atoms. The number of aliphatic imine (C=N–C) groups is 1. The first-order valence-corrected chi connectivity index (χ1v) is 9.78. The highest BCUT2D eigenvalue weighted by atomic mass is 127. The van der Waals surface area contributed by atoms with E-state index in [0.717, 1.165) is 41.9 Å². The van der Waals surface area contributed by atoms with Crippen molar-refractivity contribution in [1.29, 1.82) is 0 Å². The molecule has 0 aliphatic heterocycles. The second-order valence-corrected chi connectivity index (χ2v) is 6.59. The fourth-order valence-electron chi connectivity index (χ4n) is 2.08. The van der Waals surface area contributed by atoms with Gasteiger partial charge in [0.05, 0.1) is 13.2 Å². The molecule has 0 aromatic heterocycles. The van der Waals surface area contributed by atoms with E-state index < -0.39 is 0 Å². The summed E-state index contributed by atoms with van der Waals surface area (Å²) >= 11 is 1.85. The van der Waals surface area contributed by atoms with Gasteiger partial charge in [0.2, 0.25) is 0 Å². The third-order valence-electron chi connectivity index (χ3n) is 3.29. The standard InChI is InChI=1S/C19H31N3O2S.HI/c1-5-12-25-13-9-21-19(20-6-2)22-15-17-8-7-16(3)14-18(17)24-11-10-23-4;/h5,7-8,14H,1,6,9-13,15H2,2-4H3,(H2,20,21,22);1H. The van der Waals surface area contributed by atoms with Gasteiger partial charge in [-0.2, -0.15) is 11.8 Å². The lowest BCUT2D eigenvalue weighted by Crippen LogP contribution is -2.38. The van der Waals surface area contributed by atoms with Crippen molar-refractivity contribution in [3.8, 4) is 5.75 Å². The average Bonchev–Trinajstić information content (AvgIpc) is 2.60. The molecule has 0 aliphatic rings. The number of methoxy groups -OCH3 is 1. The summed E-state index contributed by atoms with van der Waals surface area (Å²) in [5.41, 5.74) is 2.24. The zero-order valence-corrected chi connectivity index (χ0v) is 19.2. The highest BCUT2D eigenvalue weighted by molar-refractivity contribution is 14.0. The fourth-order valence-corrected chi connectivity index (χ4v) is 2.66. The number of thioether (sulfide) groups is 1. The molecule has 0 fully saturated rings. The van der Waals surface area contributed by atoms with E-state index in [1.54, 1.807) is 7.11 Å². The molecule has 0 bridgehead atoms. The van der Waals surface area contributed by atoms with E-state index in [4.69, 9.17) is 9.47 Å². The number of aryl methyl sites for hydroxylation is 1. The Morgan fingerprint density at radius 2 is 2.12 bits per heavy atom. The van der Waals surface area contributed by atoms with Gasteiger partial charge in [-0.3, -0.25) is 0 Å². The van der Waals surface area contributed by atoms with Gasteiger partial charge in [-0.15, -0.1) is 30.6 Å². The Kier molecular flexibility index (Phi) is 15.7. The van der Waals surface area contributed by atoms with Gasteiger partial charge in [0.25, 0.3) is 0 Å². The van der Waals surface area contributed by atoms with Crippen LogP contribution in [0, 0.1) is 6.92 Å². The van der Waals surface area contributed by atoms with Gasteiger partial charge >= 0.3 is 0 Å². The minimum atomic E-state index is 0. The minimum absolute atomic E-state index is 0. The summed E-state index contributed by atoms with van der Waals surface area (Å²) in [7, 11) is 1.67. The number of nitrogens with one attached hydrogen (secondary N) is 2. The second-order valence-electron chi connectivity index (χ2n) is 5.44. The lowest BCUT2D eigenvalue weighted by atomic mass is 10.1. The molecule has 0 radical (unpaired) electrons. The predicted molar refractivity (Wildman–Crippen MR) is 124 cm³/mol. The molecule has 1 aromatic rings. The Labute approximate surface area is 179 Å². The van der Waals surface area contributed by atoms with E-state index >= 15 is 0 Å². The lowest BCUT2D eigenvalue weighted by molar-refractivity contribution is 0.146. The summed E-state index contributed by atoms with van der Waals surface area (Å²) in [5.74, 6) is 3.69. The van der Waals surface area contributed by atoms with Crippen LogP contribution in [0.3, 0.4) is 0 Å². The molecule has 2 N–H and O–H groups in total. The van der Waals surface area contributed by atoms with Crippen molar-refractivity contribution in [1.82, 2.24) is 10.6 Å². The first kappa shape index (κ1) is 25.1. The van der Waals surface area contributed by atoms with Crippen molar-refractivity contribution in [2.75, 3.05) is 44.9 Å². The van der Waals surface area contributed by atoms with Gasteiger partial charge in [0, 0.05) is 37.3 Å². The molecule has 5 nitrogen and oxygen atoms in total. The summed E-state index contributed by atoms with van der Waals surface area (Å²) in [6.07, 6.45) is 1.92. The molecule has 0 atom stereocenters.